The van der Waals surface area contributed by atoms with Gasteiger partial charge in [-0.05, 0) is 24.8 Å². The van der Waals surface area contributed by atoms with Crippen LogP contribution in [0.25, 0.3) is 0 Å². The van der Waals surface area contributed by atoms with Crippen molar-refractivity contribution in [3.05, 3.63) is 52.9 Å². The predicted octanol–water partition coefficient (Wildman–Crippen LogP) is 3.47. The van der Waals surface area contributed by atoms with Crippen LogP contribution in [0.15, 0.2) is 34.9 Å². The van der Waals surface area contributed by atoms with Crippen LogP contribution in [-0.2, 0) is 17.6 Å². The molecule has 29 heavy (non-hydrogen) atoms. The zero-order valence-corrected chi connectivity index (χ0v) is 17.2. The minimum absolute atomic E-state index is 0.0109. The smallest absolute Gasteiger partial charge is 0.259 e. The number of nitrogens with zero attached hydrogens (tertiary/aromatic N) is 2. The average molecular weight is 396 g/mol. The van der Waals surface area contributed by atoms with Crippen molar-refractivity contribution in [3.63, 3.8) is 0 Å². The Morgan fingerprint density at radius 2 is 2.00 bits per heavy atom. The highest BCUT2D eigenvalue weighted by Crippen LogP contribution is 2.37. The van der Waals surface area contributed by atoms with E-state index in [1.165, 1.54) is 0 Å². The van der Waals surface area contributed by atoms with E-state index in [9.17, 15) is 9.59 Å². The normalized spacial score (nSPS) is 24.6. The molecule has 6 nitrogen and oxygen atoms in total. The Morgan fingerprint density at radius 1 is 1.21 bits per heavy atom. The topological polar surface area (TPSA) is 75.4 Å². The first-order valence-corrected chi connectivity index (χ1v) is 10.8. The van der Waals surface area contributed by atoms with Crippen LogP contribution in [0.1, 0.15) is 72.8 Å². The van der Waals surface area contributed by atoms with Crippen LogP contribution in [0.3, 0.4) is 0 Å². The first-order chi connectivity index (χ1) is 14.1. The lowest BCUT2D eigenvalue weighted by Crippen LogP contribution is -2.49. The number of nitrogens with one attached hydrogen (secondary N) is 1. The fourth-order valence-corrected chi connectivity index (χ4v) is 4.83. The molecule has 1 N–H and O–H groups in total. The van der Waals surface area contributed by atoms with Crippen molar-refractivity contribution in [2.24, 2.45) is 0 Å². The Balaban J connectivity index is 1.72. The van der Waals surface area contributed by atoms with Crippen molar-refractivity contribution in [1.82, 2.24) is 15.4 Å². The number of fused-ring (bicyclic) bond motifs is 1. The third kappa shape index (κ3) is 3.68. The van der Waals surface area contributed by atoms with Crippen LogP contribution in [-0.4, -0.2) is 40.5 Å². The van der Waals surface area contributed by atoms with Crippen molar-refractivity contribution in [2.75, 3.05) is 6.54 Å². The lowest BCUT2D eigenvalue weighted by Gasteiger charge is -2.31. The Hall–Kier alpha value is -2.63. The fraction of sp³-hybridized carbons (Fsp3) is 0.522. The van der Waals surface area contributed by atoms with Gasteiger partial charge in [0.05, 0.1) is 17.8 Å². The molecule has 3 atom stereocenters. The summed E-state index contributed by atoms with van der Waals surface area (Å²) < 4.78 is 5.46. The van der Waals surface area contributed by atoms with Crippen molar-refractivity contribution in [3.8, 4) is 0 Å². The molecule has 2 aromatic rings. The molecule has 0 radical (unpaired) electrons. The van der Waals surface area contributed by atoms with E-state index < -0.39 is 0 Å². The van der Waals surface area contributed by atoms with Crippen molar-refractivity contribution < 1.29 is 14.1 Å². The maximum absolute atomic E-state index is 13.7. The summed E-state index contributed by atoms with van der Waals surface area (Å²) in [6, 6.07) is 10.1. The van der Waals surface area contributed by atoms with E-state index in [1.54, 1.807) is 0 Å². The summed E-state index contributed by atoms with van der Waals surface area (Å²) in [5.74, 6) is 0.815. The molecule has 2 amide bonds. The highest BCUT2D eigenvalue weighted by Gasteiger charge is 2.46. The van der Waals surface area contributed by atoms with Gasteiger partial charge in [-0.2, -0.15) is 0 Å². The molecule has 0 spiro atoms. The van der Waals surface area contributed by atoms with Gasteiger partial charge in [-0.1, -0.05) is 55.8 Å². The Kier molecular flexibility index (Phi) is 5.69. The number of carbonyl (C=O) groups is 2. The number of likely N-dealkylation sites (tertiary alicyclic amines) is 1. The molecule has 154 valence electrons. The van der Waals surface area contributed by atoms with Gasteiger partial charge in [0.25, 0.3) is 5.91 Å². The first-order valence-electron chi connectivity index (χ1n) is 10.8. The van der Waals surface area contributed by atoms with E-state index in [4.69, 9.17) is 4.52 Å². The van der Waals surface area contributed by atoms with Gasteiger partial charge in [-0.3, -0.25) is 9.59 Å². The highest BCUT2D eigenvalue weighted by molar-refractivity contribution is 5.97. The number of aromatic nitrogens is 1. The van der Waals surface area contributed by atoms with Crippen LogP contribution in [0, 0.1) is 0 Å². The van der Waals surface area contributed by atoms with E-state index in [0.717, 1.165) is 30.5 Å². The summed E-state index contributed by atoms with van der Waals surface area (Å²) in [5.41, 5.74) is 2.51. The predicted molar refractivity (Wildman–Crippen MR) is 110 cm³/mol. The van der Waals surface area contributed by atoms with Crippen molar-refractivity contribution in [2.45, 2.75) is 70.4 Å². The zero-order valence-electron chi connectivity index (χ0n) is 17.2. The number of hydrogen-bond donors (Lipinski definition) is 1. The molecule has 2 fully saturated rings. The molecule has 3 heterocycles. The molecule has 1 aromatic carbocycles. The van der Waals surface area contributed by atoms with E-state index in [0.29, 0.717) is 37.1 Å². The Labute approximate surface area is 171 Å². The minimum Gasteiger partial charge on any atom is -0.360 e. The summed E-state index contributed by atoms with van der Waals surface area (Å²) in [5, 5.41) is 7.38. The second-order valence-electron chi connectivity index (χ2n) is 8.02. The van der Waals surface area contributed by atoms with E-state index in [-0.39, 0.29) is 29.8 Å². The summed E-state index contributed by atoms with van der Waals surface area (Å²) in [7, 11) is 0. The average Bonchev–Trinajstić information content (AvgIpc) is 3.31. The van der Waals surface area contributed by atoms with Gasteiger partial charge in [0.1, 0.15) is 11.3 Å². The largest absolute Gasteiger partial charge is 0.360 e. The molecule has 6 heteroatoms. The van der Waals surface area contributed by atoms with Crippen LogP contribution in [0.4, 0.5) is 0 Å². The second-order valence-corrected chi connectivity index (χ2v) is 8.02. The molecule has 0 saturated carbocycles. The first kappa shape index (κ1) is 19.7. The number of carbonyl (C=O) groups excluding carboxylic acids is 2. The zero-order chi connectivity index (χ0) is 20.4. The van der Waals surface area contributed by atoms with Crippen LogP contribution in [0.2, 0.25) is 0 Å². The molecule has 2 aliphatic rings. The van der Waals surface area contributed by atoms with Gasteiger partial charge in [0, 0.05) is 25.3 Å². The quantitative estimate of drug-likeness (QED) is 0.860. The fourth-order valence-electron chi connectivity index (χ4n) is 4.83. The Morgan fingerprint density at radius 3 is 2.72 bits per heavy atom. The molecule has 2 aliphatic heterocycles. The lowest BCUT2D eigenvalue weighted by molar-refractivity contribution is -0.122. The van der Waals surface area contributed by atoms with Gasteiger partial charge in [0.15, 0.2) is 0 Å². The summed E-state index contributed by atoms with van der Waals surface area (Å²) in [4.78, 5) is 28.1. The monoisotopic (exact) mass is 395 g/mol. The molecular weight excluding hydrogens is 366 g/mol. The van der Waals surface area contributed by atoms with Gasteiger partial charge in [0.2, 0.25) is 5.91 Å². The maximum Gasteiger partial charge on any atom is 0.259 e. The van der Waals surface area contributed by atoms with Crippen LogP contribution >= 0.6 is 0 Å². The minimum atomic E-state index is -0.0656. The van der Waals surface area contributed by atoms with Crippen LogP contribution in [0.5, 0.6) is 0 Å². The number of amides is 2. The lowest BCUT2D eigenvalue weighted by atomic mass is 9.88. The summed E-state index contributed by atoms with van der Waals surface area (Å²) >= 11 is 0. The van der Waals surface area contributed by atoms with Gasteiger partial charge >= 0.3 is 0 Å². The van der Waals surface area contributed by atoms with Crippen molar-refractivity contribution in [1.29, 1.82) is 0 Å². The molecule has 0 bridgehead atoms. The summed E-state index contributed by atoms with van der Waals surface area (Å²) in [6.45, 7) is 4.56. The third-order valence-electron chi connectivity index (χ3n) is 6.32. The maximum atomic E-state index is 13.7. The molecular formula is C23H29N3O3. The van der Waals surface area contributed by atoms with E-state index >= 15 is 0 Å². The van der Waals surface area contributed by atoms with E-state index in [2.05, 4.69) is 22.6 Å². The standard InChI is InChI=1S/C23H29N3O3/c1-3-17-21(19(4-2)29-25-17)23(28)26-14-16(15-10-6-5-7-11-15)22-18(26)12-8-9-13-20(27)24-22/h5-7,10-11,16,18,22H,3-4,8-9,12-14H2,1-2H3,(H,24,27)/t16-,18+,22-/m0/s1. The molecule has 0 unspecified atom stereocenters. The summed E-state index contributed by atoms with van der Waals surface area (Å²) in [6.07, 6.45) is 4.56. The van der Waals surface area contributed by atoms with Crippen molar-refractivity contribution >= 4 is 11.8 Å². The molecule has 4 rings (SSSR count). The van der Waals surface area contributed by atoms with Gasteiger partial charge in [-0.15, -0.1) is 0 Å². The number of hydrogen-bond acceptors (Lipinski definition) is 4. The van der Waals surface area contributed by atoms with Gasteiger partial charge in [-0.25, -0.2) is 0 Å². The highest BCUT2D eigenvalue weighted by atomic mass is 16.5. The van der Waals surface area contributed by atoms with E-state index in [1.807, 2.05) is 36.9 Å². The molecule has 1 aromatic heterocycles. The van der Waals surface area contributed by atoms with Crippen LogP contribution < -0.4 is 5.32 Å². The number of benzene rings is 1. The molecule has 2 saturated heterocycles. The third-order valence-corrected chi connectivity index (χ3v) is 6.32. The Bertz CT molecular complexity index is 855. The second kappa shape index (κ2) is 8.39. The van der Waals surface area contributed by atoms with Gasteiger partial charge < -0.3 is 14.7 Å². The SMILES string of the molecule is CCc1noc(CC)c1C(=O)N1C[C@@H](c2ccccc2)[C@@H]2NC(=O)CCCC[C@H]21. The molecule has 0 aliphatic carbocycles. The number of rotatable bonds is 4. The number of aryl methyl sites for hydroxylation is 2.